The second-order valence-corrected chi connectivity index (χ2v) is 25.5. The van der Waals surface area contributed by atoms with E-state index in [1.54, 1.807) is 0 Å². The molecule has 29 heteroatoms. The SMILES string of the molecule is Cc1ccccc1P(c1ccccc1C)c1ccccc1C1=N[C@@H](C(C)(C)C)CO1.FC(F)(F)c1cc([B-](c2cc(C(F)(F)F)cc(C(F)(F)F)c2)(c2cc(C(F)(F)F)cc(C(F)(F)F)c2)c2cc(C(F)(F)F)cc(C(F)(F)F)c2)cc(C(F)(F)F)c1.[CH]1[CH]CC[CH][CH]CC1.[Ir]. The van der Waals surface area contributed by atoms with E-state index in [9.17, 15) is 105 Å². The maximum Gasteiger partial charge on any atom is 0.416 e. The Kier molecular flexibility index (Phi) is 24.1. The summed E-state index contributed by atoms with van der Waals surface area (Å²) < 4.78 is 347. The first-order valence-electron chi connectivity index (χ1n) is 28.5. The van der Waals surface area contributed by atoms with Gasteiger partial charge in [0, 0.05) is 25.7 Å². The summed E-state index contributed by atoms with van der Waals surface area (Å²) >= 11 is 0. The molecule has 0 unspecified atom stereocenters. The topological polar surface area (TPSA) is 21.6 Å². The quantitative estimate of drug-likeness (QED) is 0.0844. The van der Waals surface area contributed by atoms with Crippen molar-refractivity contribution in [2.24, 2.45) is 10.4 Å². The van der Waals surface area contributed by atoms with Crippen LogP contribution in [-0.4, -0.2) is 24.7 Å². The number of hydrogen-bond acceptors (Lipinski definition) is 2. The van der Waals surface area contributed by atoms with Crippen LogP contribution in [0.25, 0.3) is 0 Å². The zero-order chi connectivity index (χ0) is 70.9. The van der Waals surface area contributed by atoms with Crippen molar-refractivity contribution >= 4 is 57.7 Å². The summed E-state index contributed by atoms with van der Waals surface area (Å²) in [5.41, 5.74) is -26.3. The Morgan fingerprint density at radius 3 is 0.823 bits per heavy atom. The molecule has 0 bridgehead atoms. The van der Waals surface area contributed by atoms with Gasteiger partial charge in [0.1, 0.15) is 12.8 Å². The number of aliphatic imine (C=N–C) groups is 1. The van der Waals surface area contributed by atoms with Crippen LogP contribution in [0.5, 0.6) is 0 Å². The molecule has 7 aromatic rings. The van der Waals surface area contributed by atoms with Crippen LogP contribution in [-0.2, 0) is 74.3 Å². The van der Waals surface area contributed by atoms with Gasteiger partial charge >= 0.3 is 49.4 Å². The molecule has 1 aliphatic heterocycles. The number of rotatable bonds is 8. The first kappa shape index (κ1) is 78.5. The van der Waals surface area contributed by atoms with Crippen molar-refractivity contribution in [2.75, 3.05) is 6.61 Å². The minimum Gasteiger partial charge on any atom is -0.475 e. The van der Waals surface area contributed by atoms with Gasteiger partial charge in [0.05, 0.1) is 50.5 Å². The van der Waals surface area contributed by atoms with Gasteiger partial charge in [0.2, 0.25) is 5.90 Å². The molecule has 7 aromatic carbocycles. The summed E-state index contributed by atoms with van der Waals surface area (Å²) in [6.45, 7) is 11.8. The van der Waals surface area contributed by atoms with Crippen molar-refractivity contribution in [1.82, 2.24) is 0 Å². The standard InChI is InChI=1S/C32H12BF24.C27H30NOP.C8H12.Ir/c34-25(35,36)13-1-14(26(37,38)39)6-21(5-13)33(22-7-15(27(40,41)42)2-16(8-22)28(43,44)45,23-9-17(29(46,47)48)3-18(10-23)30(49,50)51)24-11-19(31(52,53)54)4-20(12-24)32(55,56)57;1-19-12-6-9-15-22(19)30(23-16-10-7-13-20(23)2)24-17-11-8-14-21(24)26-28-25(18-29-26)27(3,4)5;1-2-4-6-8-7-5-3-1;/h1-12H;6-17,25H,18H2,1-5H3;1-2,7-8H,3-6H2;/q-1;;;/t;25-;;/m.1../s1. The molecule has 519 valence electrons. The van der Waals surface area contributed by atoms with E-state index in [0.717, 1.165) is 11.5 Å². The van der Waals surface area contributed by atoms with E-state index >= 15 is 0 Å². The number of hydrogen-bond donors (Lipinski definition) is 0. The van der Waals surface area contributed by atoms with Crippen molar-refractivity contribution in [1.29, 1.82) is 0 Å². The average Bonchev–Trinajstić information content (AvgIpc) is 0.805. The number of halogens is 24. The number of alkyl halides is 24. The van der Waals surface area contributed by atoms with Gasteiger partial charge in [-0.25, -0.2) is 4.99 Å². The molecule has 0 N–H and O–H groups in total. The van der Waals surface area contributed by atoms with Gasteiger partial charge in [-0.05, 0) is 136 Å². The summed E-state index contributed by atoms with van der Waals surface area (Å²) in [7, 11) is -0.728. The first-order valence-corrected chi connectivity index (χ1v) is 29.8. The number of benzene rings is 7. The van der Waals surface area contributed by atoms with Crippen LogP contribution in [0.2, 0.25) is 0 Å². The van der Waals surface area contributed by atoms with E-state index in [1.165, 1.54) is 52.7 Å². The molecule has 0 aromatic heterocycles. The third kappa shape index (κ3) is 19.0. The van der Waals surface area contributed by atoms with Crippen molar-refractivity contribution in [3.05, 3.63) is 232 Å². The van der Waals surface area contributed by atoms with E-state index in [1.807, 2.05) is 0 Å². The molecule has 0 spiro atoms. The predicted molar refractivity (Wildman–Crippen MR) is 316 cm³/mol. The van der Waals surface area contributed by atoms with Crippen molar-refractivity contribution in [3.63, 3.8) is 0 Å². The van der Waals surface area contributed by atoms with E-state index in [0.29, 0.717) is 6.61 Å². The Bertz CT molecular complexity index is 3350. The van der Waals surface area contributed by atoms with Crippen LogP contribution in [0.4, 0.5) is 105 Å². The molecular formula is C67H54BF24IrNOP-. The van der Waals surface area contributed by atoms with Crippen LogP contribution in [0.3, 0.4) is 0 Å². The molecule has 1 fully saturated rings. The number of nitrogens with zero attached hydrogens (tertiary/aromatic N) is 1. The second kappa shape index (κ2) is 29.5. The Labute approximate surface area is 551 Å². The maximum absolute atomic E-state index is 14.2. The molecule has 1 heterocycles. The fourth-order valence-corrected chi connectivity index (χ4v) is 13.5. The van der Waals surface area contributed by atoms with E-state index in [4.69, 9.17) is 9.73 Å². The third-order valence-corrected chi connectivity index (χ3v) is 18.4. The molecule has 0 amide bonds. The van der Waals surface area contributed by atoms with Crippen molar-refractivity contribution < 1.29 is 130 Å². The second-order valence-electron chi connectivity index (χ2n) is 23.4. The van der Waals surface area contributed by atoms with Gasteiger partial charge < -0.3 is 4.74 Å². The smallest absolute Gasteiger partial charge is 0.416 e. The zero-order valence-corrected chi connectivity index (χ0v) is 53.9. The van der Waals surface area contributed by atoms with Crippen LogP contribution in [0.1, 0.15) is 108 Å². The molecule has 96 heavy (non-hydrogen) atoms. The molecule has 9 rings (SSSR count). The van der Waals surface area contributed by atoms with E-state index in [2.05, 4.69) is 133 Å². The van der Waals surface area contributed by atoms with Gasteiger partial charge in [-0.1, -0.05) is 136 Å². The molecule has 1 atom stereocenters. The molecule has 1 aliphatic carbocycles. The van der Waals surface area contributed by atoms with Crippen LogP contribution >= 0.6 is 7.92 Å². The fourth-order valence-electron chi connectivity index (χ4n) is 10.8. The minimum absolute atomic E-state index is 0. The molecule has 5 radical (unpaired) electrons. The summed E-state index contributed by atoms with van der Waals surface area (Å²) in [5, 5.41) is 4.09. The molecule has 2 aliphatic rings. The van der Waals surface area contributed by atoms with Crippen LogP contribution in [0, 0.1) is 44.9 Å². The van der Waals surface area contributed by atoms with Gasteiger partial charge in [-0.15, -0.1) is 0 Å². The van der Waals surface area contributed by atoms with Gasteiger partial charge in [0.25, 0.3) is 0 Å². The first-order chi connectivity index (χ1) is 43.6. The number of ether oxygens (including phenoxy) is 1. The van der Waals surface area contributed by atoms with Gasteiger partial charge in [-0.3, -0.25) is 0 Å². The third-order valence-electron chi connectivity index (χ3n) is 15.5. The van der Waals surface area contributed by atoms with Gasteiger partial charge in [0.15, 0.2) is 0 Å². The molecule has 1 saturated carbocycles. The predicted octanol–water partition coefficient (Wildman–Crippen LogP) is 18.8. The van der Waals surface area contributed by atoms with E-state index < -0.39 is 203 Å². The Hall–Kier alpha value is -6.53. The molecule has 2 nitrogen and oxygen atoms in total. The molecular weight excluding hydrogens is 1520 g/mol. The summed E-state index contributed by atoms with van der Waals surface area (Å²) in [6.07, 6.45) is -40.8. The van der Waals surface area contributed by atoms with Crippen molar-refractivity contribution in [2.45, 2.75) is 116 Å². The Morgan fingerprint density at radius 1 is 0.354 bits per heavy atom. The summed E-state index contributed by atoms with van der Waals surface area (Å²) in [4.78, 5) is 5.01. The number of aryl methyl sites for hydroxylation is 2. The zero-order valence-electron chi connectivity index (χ0n) is 50.6. The monoisotopic (exact) mass is 1580 g/mol. The Morgan fingerprint density at radius 2 is 0.594 bits per heavy atom. The fraction of sp³-hybridized carbons (Fsp3) is 0.299. The van der Waals surface area contributed by atoms with E-state index in [-0.39, 0.29) is 31.6 Å². The van der Waals surface area contributed by atoms with Crippen molar-refractivity contribution in [3.8, 4) is 0 Å². The average molecular weight is 1580 g/mol. The summed E-state index contributed by atoms with van der Waals surface area (Å²) in [6, 6.07) is 17.6. The van der Waals surface area contributed by atoms with Crippen LogP contribution < -0.4 is 37.8 Å². The normalized spacial score (nSPS) is 15.6. The summed E-state index contributed by atoms with van der Waals surface area (Å²) in [5.74, 6) is 0.792. The largest absolute Gasteiger partial charge is 0.475 e. The Balaban J connectivity index is 0.000000307. The molecule has 0 saturated heterocycles. The van der Waals surface area contributed by atoms with Gasteiger partial charge in [-0.2, -0.15) is 127 Å². The van der Waals surface area contributed by atoms with Crippen LogP contribution in [0.15, 0.2) is 151 Å². The maximum atomic E-state index is 14.2. The minimum atomic E-state index is -6.13.